The van der Waals surface area contributed by atoms with Crippen LogP contribution in [0.25, 0.3) is 27.4 Å². The topological polar surface area (TPSA) is 253 Å². The number of thioether (sulfide) groups is 1. The van der Waals surface area contributed by atoms with Gasteiger partial charge in [-0.3, -0.25) is 39.5 Å². The van der Waals surface area contributed by atoms with Crippen molar-refractivity contribution >= 4 is 126 Å². The molecule has 7 N–H and O–H groups in total. The molecule has 18 nitrogen and oxygen atoms in total. The van der Waals surface area contributed by atoms with Crippen molar-refractivity contribution in [2.24, 2.45) is 5.11 Å². The van der Waals surface area contributed by atoms with E-state index in [0.29, 0.717) is 69.5 Å². The number of hydrogen-bond acceptors (Lipinski definition) is 11. The van der Waals surface area contributed by atoms with Crippen molar-refractivity contribution in [1.82, 2.24) is 47.2 Å². The average Bonchev–Trinajstić information content (AvgIpc) is 4.04. The first-order valence-electron chi connectivity index (χ1n) is 23.2. The molecule has 3 heterocycles. The van der Waals surface area contributed by atoms with Crippen molar-refractivity contribution in [3.63, 3.8) is 0 Å². The van der Waals surface area contributed by atoms with E-state index in [9.17, 15) is 41.9 Å². The van der Waals surface area contributed by atoms with Gasteiger partial charge in [0.2, 0.25) is 17.7 Å². The zero-order valence-electron chi connectivity index (χ0n) is 39.1. The summed E-state index contributed by atoms with van der Waals surface area (Å²) in [6.07, 6.45) is 2.28. The first kappa shape index (κ1) is 56.9. The molecule has 2 aliphatic rings. The SMILES string of the molecule is [N-]=[N+]=Nc1ccc(C(=O)NC(CCCCNC(=O)CCCCC2SC[C@@H]3NC(=O)N[C@H]23)C(=O)NCCSSCCC(=O)NNC(=O)/C=C/c2nn(Cc3ccc(Cl)cc3CI)c3cc(C(F)(F)F)ccc23)cc1. The fourth-order valence-corrected chi connectivity index (χ4v) is 12.3. The predicted molar refractivity (Wildman–Crippen MR) is 288 cm³/mol. The minimum atomic E-state index is -4.58. The molecule has 73 heavy (non-hydrogen) atoms. The lowest BCUT2D eigenvalue weighted by Crippen LogP contribution is -2.47. The van der Waals surface area contributed by atoms with E-state index in [1.54, 1.807) is 18.2 Å². The Labute approximate surface area is 449 Å². The van der Waals surface area contributed by atoms with Crippen LogP contribution in [0.15, 0.2) is 71.9 Å². The summed E-state index contributed by atoms with van der Waals surface area (Å²) in [4.78, 5) is 78.6. The molecule has 3 aromatic carbocycles. The molecule has 2 unspecified atom stereocenters. The smallest absolute Gasteiger partial charge is 0.356 e. The van der Waals surface area contributed by atoms with Crippen LogP contribution in [0.5, 0.6) is 0 Å². The number of halogens is 5. The molecule has 4 aromatic rings. The summed E-state index contributed by atoms with van der Waals surface area (Å²) in [7, 11) is 2.79. The van der Waals surface area contributed by atoms with Gasteiger partial charge in [-0.05, 0) is 97.3 Å². The fourth-order valence-electron chi connectivity index (χ4n) is 7.94. The van der Waals surface area contributed by atoms with Gasteiger partial charge in [-0.2, -0.15) is 30.0 Å². The first-order valence-corrected chi connectivity index (χ1v) is 28.7. The van der Waals surface area contributed by atoms with Gasteiger partial charge in [0.25, 0.3) is 11.8 Å². The Morgan fingerprint density at radius 2 is 1.74 bits per heavy atom. The number of urea groups is 1. The molecule has 0 bridgehead atoms. The van der Waals surface area contributed by atoms with Crippen molar-refractivity contribution < 1.29 is 41.9 Å². The summed E-state index contributed by atoms with van der Waals surface area (Å²) in [6, 6.07) is 13.8. The number of hydrazine groups is 1. The lowest BCUT2D eigenvalue weighted by molar-refractivity contribution is -0.137. The highest BCUT2D eigenvalue weighted by Crippen LogP contribution is 2.35. The van der Waals surface area contributed by atoms with Crippen LogP contribution in [0.3, 0.4) is 0 Å². The van der Waals surface area contributed by atoms with Gasteiger partial charge in [-0.1, -0.05) is 85.5 Å². The molecule has 7 amide bonds. The van der Waals surface area contributed by atoms with E-state index in [1.807, 2.05) is 11.8 Å². The minimum absolute atomic E-state index is 0.0490. The van der Waals surface area contributed by atoms with Crippen LogP contribution in [0.2, 0.25) is 5.02 Å². The van der Waals surface area contributed by atoms with Crippen molar-refractivity contribution in [3.8, 4) is 0 Å². The maximum atomic E-state index is 13.7. The standard InChI is InChI=1S/C47H53ClF3IN12O6S3/c48-32-12-8-29(30(23-32)25-52)26-64-38-24-31(47(49,50)51)11-15-34(38)35(62-64)16-17-41(66)60-61-42(67)18-21-72-73-22-20-55-45(69)36(56-44(68)28-9-13-33(14-10-28)59-63-53)5-3-4-19-54-40(65)7-2-1-6-39-43-37(27-71-39)57-46(70)58-43/h8-17,23-24,36-37,39,43H,1-7,18-22,25-27H2,(H,54,65)(H,55,69)(H,56,68)(H,60,66)(H,61,67)(H2,57,58,70)/b17-16+/t36?,37-,39?,43-/m0/s1. The van der Waals surface area contributed by atoms with Gasteiger partial charge < -0.3 is 26.6 Å². The molecular formula is C47H53ClF3IN12O6S3. The van der Waals surface area contributed by atoms with E-state index in [1.165, 1.54) is 62.7 Å². The summed E-state index contributed by atoms with van der Waals surface area (Å²) in [5.41, 5.74) is 15.3. The van der Waals surface area contributed by atoms with Gasteiger partial charge in [0, 0.05) is 85.5 Å². The number of carbonyl (C=O) groups excluding carboxylic acids is 6. The number of azide groups is 1. The highest BCUT2D eigenvalue weighted by molar-refractivity contribution is 14.1. The molecule has 26 heteroatoms. The van der Waals surface area contributed by atoms with Crippen LogP contribution in [0, 0.1) is 0 Å². The molecule has 0 aliphatic carbocycles. The molecule has 2 saturated heterocycles. The normalized spacial score (nSPS) is 16.5. The van der Waals surface area contributed by atoms with Crippen LogP contribution >= 0.6 is 67.5 Å². The van der Waals surface area contributed by atoms with E-state index in [-0.39, 0.29) is 60.3 Å². The maximum Gasteiger partial charge on any atom is 0.416 e. The second-order valence-corrected chi connectivity index (χ2v) is 22.0. The van der Waals surface area contributed by atoms with Crippen molar-refractivity contribution in [2.75, 3.05) is 30.3 Å². The van der Waals surface area contributed by atoms with E-state index >= 15 is 0 Å². The highest BCUT2D eigenvalue weighted by atomic mass is 127. The van der Waals surface area contributed by atoms with Gasteiger partial charge in [0.15, 0.2) is 0 Å². The maximum absolute atomic E-state index is 13.7. The number of nitrogens with one attached hydrogen (secondary N) is 7. The van der Waals surface area contributed by atoms with Crippen molar-refractivity contribution in [3.05, 3.63) is 110 Å². The Hall–Kier alpha value is -5.34. The zero-order chi connectivity index (χ0) is 52.3. The number of unbranched alkanes of at least 4 members (excludes halogenated alkanes) is 2. The Kier molecular flexibility index (Phi) is 22.1. The van der Waals surface area contributed by atoms with Gasteiger partial charge in [-0.25, -0.2) is 4.79 Å². The lowest BCUT2D eigenvalue weighted by Gasteiger charge is -2.19. The van der Waals surface area contributed by atoms with E-state index in [4.69, 9.17) is 17.1 Å². The van der Waals surface area contributed by atoms with Crippen LogP contribution in [-0.2, 0) is 36.3 Å². The lowest BCUT2D eigenvalue weighted by atomic mass is 10.0. The number of benzene rings is 3. The molecule has 0 radical (unpaired) electrons. The summed E-state index contributed by atoms with van der Waals surface area (Å²) < 4.78 is 43.1. The number of nitrogens with zero attached hydrogens (tertiary/aromatic N) is 5. The number of hydrogen-bond donors (Lipinski definition) is 7. The third kappa shape index (κ3) is 17.6. The number of carbonyl (C=O) groups is 6. The molecule has 2 aliphatic heterocycles. The first-order chi connectivity index (χ1) is 35.1. The van der Waals surface area contributed by atoms with E-state index in [0.717, 1.165) is 54.4 Å². The summed E-state index contributed by atoms with van der Waals surface area (Å²) in [6.45, 7) is 0.831. The highest BCUT2D eigenvalue weighted by Gasteiger charge is 2.42. The predicted octanol–water partition coefficient (Wildman–Crippen LogP) is 8.49. The molecule has 1 aromatic heterocycles. The van der Waals surface area contributed by atoms with Crippen LogP contribution in [0.4, 0.5) is 23.7 Å². The van der Waals surface area contributed by atoms with Gasteiger partial charge >= 0.3 is 12.2 Å². The Morgan fingerprint density at radius 1 is 0.945 bits per heavy atom. The van der Waals surface area contributed by atoms with Gasteiger partial charge in [0.05, 0.1) is 35.4 Å². The quantitative estimate of drug-likeness (QED) is 0.00302. The van der Waals surface area contributed by atoms with Crippen molar-refractivity contribution in [1.29, 1.82) is 0 Å². The summed E-state index contributed by atoms with van der Waals surface area (Å²) in [5, 5.41) is 23.8. The van der Waals surface area contributed by atoms with Crippen LogP contribution in [-0.4, -0.2) is 99.1 Å². The second kappa shape index (κ2) is 28.4. The molecule has 390 valence electrons. The number of fused-ring (bicyclic) bond motifs is 2. The van der Waals surface area contributed by atoms with Crippen LogP contribution in [0.1, 0.15) is 84.1 Å². The summed E-state index contributed by atoms with van der Waals surface area (Å²) >= 11 is 10.2. The Morgan fingerprint density at radius 3 is 2.51 bits per heavy atom. The molecule has 0 spiro atoms. The number of rotatable bonds is 26. The molecule has 4 atom stereocenters. The minimum Gasteiger partial charge on any atom is -0.356 e. The van der Waals surface area contributed by atoms with E-state index in [2.05, 4.69) is 75.2 Å². The number of aromatic nitrogens is 2. The molecule has 0 saturated carbocycles. The average molecular weight is 1200 g/mol. The van der Waals surface area contributed by atoms with Gasteiger partial charge in [0.1, 0.15) is 6.04 Å². The van der Waals surface area contributed by atoms with Crippen LogP contribution < -0.4 is 37.4 Å². The molecule has 2 fully saturated rings. The Bertz CT molecular complexity index is 2700. The largest absolute Gasteiger partial charge is 0.416 e. The Balaban J connectivity index is 0.889. The monoisotopic (exact) mass is 1200 g/mol. The van der Waals surface area contributed by atoms with E-state index < -0.39 is 41.4 Å². The van der Waals surface area contributed by atoms with Crippen molar-refractivity contribution in [2.45, 2.75) is 91.9 Å². The van der Waals surface area contributed by atoms with Gasteiger partial charge in [-0.15, -0.1) is 0 Å². The number of alkyl halides is 4. The second-order valence-electron chi connectivity index (χ2n) is 16.9. The molecule has 6 rings (SSSR count). The molecular weight excluding hydrogens is 1140 g/mol. The third-order valence-electron chi connectivity index (χ3n) is 11.7. The number of amides is 7. The zero-order valence-corrected chi connectivity index (χ0v) is 44.5. The fraction of sp³-hybridized carbons (Fsp3) is 0.426. The third-order valence-corrected chi connectivity index (χ3v) is 16.6. The summed E-state index contributed by atoms with van der Waals surface area (Å²) in [5.74, 6) is -0.357.